The van der Waals surface area contributed by atoms with Crippen LogP contribution in [0.2, 0.25) is 5.02 Å². The Labute approximate surface area is 278 Å². The molecule has 46 heavy (non-hydrogen) atoms. The molecule has 5 aromatic rings. The van der Waals surface area contributed by atoms with Crippen molar-refractivity contribution in [1.29, 1.82) is 0 Å². The Morgan fingerprint density at radius 1 is 1.07 bits per heavy atom. The second kappa shape index (κ2) is 14.5. The molecular weight excluding hydrogens is 616 g/mol. The highest BCUT2D eigenvalue weighted by molar-refractivity contribution is 7.99. The monoisotopic (exact) mass is 652 g/mol. The van der Waals surface area contributed by atoms with Gasteiger partial charge in [0.25, 0.3) is 5.56 Å². The first-order chi connectivity index (χ1) is 22.4. The number of amides is 1. The largest absolute Gasteiger partial charge is 0.497 e. The van der Waals surface area contributed by atoms with Crippen molar-refractivity contribution in [3.8, 4) is 11.4 Å². The molecule has 1 fully saturated rings. The maximum absolute atomic E-state index is 13.7. The molecule has 0 radical (unpaired) electrons. The number of benzene rings is 4. The predicted molar refractivity (Wildman–Crippen MR) is 186 cm³/mol. The van der Waals surface area contributed by atoms with Crippen LogP contribution in [-0.2, 0) is 11.2 Å². The first-order valence-corrected chi connectivity index (χ1v) is 16.8. The van der Waals surface area contributed by atoms with Gasteiger partial charge in [-0.3, -0.25) is 9.59 Å². The number of hydrogen-bond acceptors (Lipinski definition) is 6. The van der Waals surface area contributed by atoms with Gasteiger partial charge in [0, 0.05) is 28.1 Å². The van der Waals surface area contributed by atoms with Crippen LogP contribution in [0.25, 0.3) is 16.5 Å². The third-order valence-electron chi connectivity index (χ3n) is 8.59. The van der Waals surface area contributed by atoms with Crippen LogP contribution in [0.1, 0.15) is 36.8 Å². The fraction of sp³-hybridized carbons (Fsp3) is 0.270. The Kier molecular flexibility index (Phi) is 10.1. The average Bonchev–Trinajstić information content (AvgIpc) is 3.09. The molecule has 1 aliphatic heterocycles. The summed E-state index contributed by atoms with van der Waals surface area (Å²) in [7, 11) is 1.61. The summed E-state index contributed by atoms with van der Waals surface area (Å²) < 4.78 is 6.74. The second-order valence-electron chi connectivity index (χ2n) is 11.7. The SMILES string of the molecule is COc1ccc(-n2nc(Sc3ccc(Cl)cc3)cc(CC[C@@H](C)NC(=O)[C@H]3CNCC[C@@H]3c3cccc4ccccc34)c2=O)cc1. The molecular formula is C37H37ClN4O3S. The zero-order valence-electron chi connectivity index (χ0n) is 25.9. The lowest BCUT2D eigenvalue weighted by Crippen LogP contribution is -2.47. The van der Waals surface area contributed by atoms with Gasteiger partial charge in [-0.2, -0.15) is 9.78 Å². The quantitative estimate of drug-likeness (QED) is 0.169. The standard InChI is InChI=1S/C37H37ClN4O3S/c1-24(40-36(43)34-23-39-21-20-33(34)32-9-5-7-25-6-3-4-8-31(25)32)10-11-26-22-35(46-30-18-12-27(38)13-19-30)41-42(37(26)44)28-14-16-29(45-2)17-15-28/h3-9,12-19,22,24,33-34,39H,10-11,20-21,23H2,1-2H3,(H,40,43)/t24-,33-,34+/m1/s1. The minimum atomic E-state index is -0.184. The summed E-state index contributed by atoms with van der Waals surface area (Å²) in [6, 6.07) is 31.3. The van der Waals surface area contributed by atoms with Crippen molar-refractivity contribution in [2.75, 3.05) is 20.2 Å². The molecule has 1 amide bonds. The van der Waals surface area contributed by atoms with E-state index < -0.39 is 0 Å². The van der Waals surface area contributed by atoms with Crippen LogP contribution in [-0.4, -0.2) is 41.9 Å². The number of carbonyl (C=O) groups excluding carboxylic acids is 1. The first kappa shape index (κ1) is 31.9. The molecule has 0 spiro atoms. The van der Waals surface area contributed by atoms with Crippen LogP contribution >= 0.6 is 23.4 Å². The predicted octanol–water partition coefficient (Wildman–Crippen LogP) is 7.03. The lowest BCUT2D eigenvalue weighted by molar-refractivity contribution is -0.126. The summed E-state index contributed by atoms with van der Waals surface area (Å²) in [5.41, 5.74) is 2.33. The van der Waals surface area contributed by atoms with E-state index in [4.69, 9.17) is 16.3 Å². The van der Waals surface area contributed by atoms with E-state index in [2.05, 4.69) is 52.1 Å². The summed E-state index contributed by atoms with van der Waals surface area (Å²) in [4.78, 5) is 28.4. The molecule has 2 N–H and O–H groups in total. The lowest BCUT2D eigenvalue weighted by atomic mass is 9.78. The third kappa shape index (κ3) is 7.30. The number of ether oxygens (including phenoxy) is 1. The van der Waals surface area contributed by atoms with Gasteiger partial charge in [0.15, 0.2) is 0 Å². The third-order valence-corrected chi connectivity index (χ3v) is 9.76. The molecule has 0 bridgehead atoms. The Balaban J connectivity index is 1.20. The van der Waals surface area contributed by atoms with Crippen molar-refractivity contribution in [3.05, 3.63) is 124 Å². The number of methoxy groups -OCH3 is 1. The van der Waals surface area contributed by atoms with E-state index >= 15 is 0 Å². The van der Waals surface area contributed by atoms with E-state index in [1.165, 1.54) is 32.8 Å². The molecule has 3 atom stereocenters. The van der Waals surface area contributed by atoms with Crippen molar-refractivity contribution < 1.29 is 9.53 Å². The van der Waals surface area contributed by atoms with Crippen molar-refractivity contribution >= 4 is 40.0 Å². The summed E-state index contributed by atoms with van der Waals surface area (Å²) >= 11 is 7.56. The molecule has 9 heteroatoms. The van der Waals surface area contributed by atoms with Gasteiger partial charge in [0.05, 0.1) is 18.7 Å². The van der Waals surface area contributed by atoms with Gasteiger partial charge in [-0.25, -0.2) is 0 Å². The topological polar surface area (TPSA) is 85.2 Å². The van der Waals surface area contributed by atoms with E-state index in [0.29, 0.717) is 46.4 Å². The number of piperidine rings is 1. The summed E-state index contributed by atoms with van der Waals surface area (Å²) in [6.45, 7) is 3.52. The Hall–Kier alpha value is -4.11. The Morgan fingerprint density at radius 2 is 1.83 bits per heavy atom. The molecule has 0 aliphatic carbocycles. The van der Waals surface area contributed by atoms with Crippen LogP contribution in [0.3, 0.4) is 0 Å². The zero-order chi connectivity index (χ0) is 32.0. The number of carbonyl (C=O) groups is 1. The summed E-state index contributed by atoms with van der Waals surface area (Å²) in [5.74, 6) is 0.688. The van der Waals surface area contributed by atoms with Crippen LogP contribution in [0.5, 0.6) is 5.75 Å². The maximum Gasteiger partial charge on any atom is 0.274 e. The van der Waals surface area contributed by atoms with Gasteiger partial charge in [0.2, 0.25) is 5.91 Å². The Bertz CT molecular complexity index is 1870. The minimum Gasteiger partial charge on any atom is -0.497 e. The van der Waals surface area contributed by atoms with Crippen molar-refractivity contribution in [2.24, 2.45) is 5.92 Å². The molecule has 1 aromatic heterocycles. The molecule has 236 valence electrons. The van der Waals surface area contributed by atoms with Crippen LogP contribution in [0, 0.1) is 5.92 Å². The molecule has 6 rings (SSSR count). The second-order valence-corrected chi connectivity index (χ2v) is 13.2. The Morgan fingerprint density at radius 3 is 2.61 bits per heavy atom. The van der Waals surface area contributed by atoms with E-state index in [9.17, 15) is 9.59 Å². The molecule has 1 aliphatic rings. The summed E-state index contributed by atoms with van der Waals surface area (Å²) in [6.07, 6.45) is 2.00. The minimum absolute atomic E-state index is 0.0435. The fourth-order valence-electron chi connectivity index (χ4n) is 6.14. The summed E-state index contributed by atoms with van der Waals surface area (Å²) in [5, 5.41) is 15.1. The van der Waals surface area contributed by atoms with E-state index in [-0.39, 0.29) is 29.3 Å². The van der Waals surface area contributed by atoms with Crippen molar-refractivity contribution in [2.45, 2.75) is 48.1 Å². The molecule has 4 aromatic carbocycles. The van der Waals surface area contributed by atoms with Gasteiger partial charge in [-0.1, -0.05) is 65.8 Å². The highest BCUT2D eigenvalue weighted by atomic mass is 35.5. The van der Waals surface area contributed by atoms with E-state index in [1.807, 2.05) is 67.6 Å². The average molecular weight is 653 g/mol. The normalized spacial score (nSPS) is 17.0. The van der Waals surface area contributed by atoms with Crippen LogP contribution in [0.4, 0.5) is 0 Å². The molecule has 0 unspecified atom stereocenters. The number of rotatable bonds is 10. The number of aromatic nitrogens is 2. The van der Waals surface area contributed by atoms with Crippen LogP contribution < -0.4 is 20.9 Å². The van der Waals surface area contributed by atoms with Gasteiger partial charge >= 0.3 is 0 Å². The van der Waals surface area contributed by atoms with E-state index in [1.54, 1.807) is 7.11 Å². The molecule has 0 saturated carbocycles. The number of nitrogens with zero attached hydrogens (tertiary/aromatic N) is 2. The zero-order valence-corrected chi connectivity index (χ0v) is 27.5. The lowest BCUT2D eigenvalue weighted by Gasteiger charge is -2.33. The van der Waals surface area contributed by atoms with Crippen molar-refractivity contribution in [3.63, 3.8) is 0 Å². The number of aryl methyl sites for hydroxylation is 1. The van der Waals surface area contributed by atoms with Crippen LogP contribution in [0.15, 0.2) is 112 Å². The highest BCUT2D eigenvalue weighted by Gasteiger charge is 2.33. The number of nitrogens with one attached hydrogen (secondary N) is 2. The van der Waals surface area contributed by atoms with Gasteiger partial charge < -0.3 is 15.4 Å². The van der Waals surface area contributed by atoms with Crippen molar-refractivity contribution in [1.82, 2.24) is 20.4 Å². The van der Waals surface area contributed by atoms with Gasteiger partial charge in [0.1, 0.15) is 10.8 Å². The fourth-order valence-corrected chi connectivity index (χ4v) is 7.11. The molecule has 1 saturated heterocycles. The highest BCUT2D eigenvalue weighted by Crippen LogP contribution is 2.35. The maximum atomic E-state index is 13.7. The smallest absolute Gasteiger partial charge is 0.274 e. The first-order valence-electron chi connectivity index (χ1n) is 15.6. The molecule has 2 heterocycles. The van der Waals surface area contributed by atoms with E-state index in [0.717, 1.165) is 17.9 Å². The van der Waals surface area contributed by atoms with Gasteiger partial charge in [-0.05, 0) is 110 Å². The van der Waals surface area contributed by atoms with Gasteiger partial charge in [-0.15, -0.1) is 0 Å². The number of hydrogen-bond donors (Lipinski definition) is 2. The number of fused-ring (bicyclic) bond motifs is 1. The number of halogens is 1. The molecule has 7 nitrogen and oxygen atoms in total.